The number of nitrogens with zero attached hydrogens (tertiary/aromatic N) is 2. The van der Waals surface area contributed by atoms with Gasteiger partial charge in [0.2, 0.25) is 5.91 Å². The summed E-state index contributed by atoms with van der Waals surface area (Å²) in [4.78, 5) is 16.4. The van der Waals surface area contributed by atoms with E-state index in [1.165, 1.54) is 5.56 Å². The van der Waals surface area contributed by atoms with E-state index in [1.54, 1.807) is 18.9 Å². The number of carbonyl (C=O) groups is 1. The average molecular weight is 308 g/mol. The van der Waals surface area contributed by atoms with E-state index in [4.69, 9.17) is 4.74 Å². The summed E-state index contributed by atoms with van der Waals surface area (Å²) in [5.41, 5.74) is 1.29. The molecule has 5 heteroatoms. The van der Waals surface area contributed by atoms with Crippen molar-refractivity contribution < 1.29 is 9.53 Å². The smallest absolute Gasteiger partial charge is 0.232 e. The van der Waals surface area contributed by atoms with E-state index in [0.717, 1.165) is 44.9 Å². The highest BCUT2D eigenvalue weighted by Crippen LogP contribution is 2.14. The molecule has 1 amide bonds. The highest BCUT2D eigenvalue weighted by Gasteiger charge is 2.18. The zero-order chi connectivity index (χ0) is 15.1. The summed E-state index contributed by atoms with van der Waals surface area (Å²) >= 11 is 1.60. The lowest BCUT2D eigenvalue weighted by molar-refractivity contribution is -0.128. The van der Waals surface area contributed by atoms with Crippen LogP contribution in [-0.2, 0) is 11.3 Å². The Morgan fingerprint density at radius 3 is 2.62 bits per heavy atom. The Kier molecular flexibility index (Phi) is 6.39. The minimum Gasteiger partial charge on any atom is -0.497 e. The minimum atomic E-state index is 0.272. The molecule has 0 radical (unpaired) electrons. The lowest BCUT2D eigenvalue weighted by atomic mass is 10.2. The number of amides is 1. The highest BCUT2D eigenvalue weighted by molar-refractivity contribution is 7.99. The minimum absolute atomic E-state index is 0.272. The van der Waals surface area contributed by atoms with Crippen LogP contribution in [0.5, 0.6) is 5.75 Å². The van der Waals surface area contributed by atoms with Gasteiger partial charge in [0.15, 0.2) is 0 Å². The molecule has 0 aromatic heterocycles. The van der Waals surface area contributed by atoms with Gasteiger partial charge in [0.05, 0.1) is 12.9 Å². The van der Waals surface area contributed by atoms with Crippen LogP contribution in [0.1, 0.15) is 12.0 Å². The third kappa shape index (κ3) is 4.93. The molecule has 116 valence electrons. The van der Waals surface area contributed by atoms with Crippen molar-refractivity contribution in [1.82, 2.24) is 9.80 Å². The molecule has 21 heavy (non-hydrogen) atoms. The van der Waals surface area contributed by atoms with E-state index < -0.39 is 0 Å². The number of methoxy groups -OCH3 is 1. The van der Waals surface area contributed by atoms with Crippen molar-refractivity contribution in [2.24, 2.45) is 0 Å². The van der Waals surface area contributed by atoms with E-state index in [0.29, 0.717) is 5.75 Å². The van der Waals surface area contributed by atoms with Gasteiger partial charge in [-0.25, -0.2) is 0 Å². The number of benzene rings is 1. The molecule has 0 unspecified atom stereocenters. The molecular weight excluding hydrogens is 284 g/mol. The molecule has 1 aromatic carbocycles. The van der Waals surface area contributed by atoms with Gasteiger partial charge < -0.3 is 9.64 Å². The quantitative estimate of drug-likeness (QED) is 0.834. The molecule has 0 aliphatic carbocycles. The maximum absolute atomic E-state index is 12.0. The molecule has 1 heterocycles. The van der Waals surface area contributed by atoms with Crippen molar-refractivity contribution in [2.45, 2.75) is 13.0 Å². The molecule has 4 nitrogen and oxygen atoms in total. The summed E-state index contributed by atoms with van der Waals surface area (Å²) in [5, 5.41) is 0. The first kappa shape index (κ1) is 16.2. The van der Waals surface area contributed by atoms with Gasteiger partial charge in [-0.3, -0.25) is 9.69 Å². The van der Waals surface area contributed by atoms with Crippen molar-refractivity contribution >= 4 is 17.7 Å². The van der Waals surface area contributed by atoms with Crippen LogP contribution >= 0.6 is 11.8 Å². The van der Waals surface area contributed by atoms with Gasteiger partial charge in [-0.15, -0.1) is 0 Å². The Morgan fingerprint density at radius 1 is 1.19 bits per heavy atom. The number of hydrogen-bond acceptors (Lipinski definition) is 4. The maximum Gasteiger partial charge on any atom is 0.232 e. The van der Waals surface area contributed by atoms with Crippen LogP contribution in [0.2, 0.25) is 0 Å². The first-order chi connectivity index (χ1) is 10.2. The number of ether oxygens (including phenoxy) is 1. The molecule has 1 saturated heterocycles. The average Bonchev–Trinajstić information content (AvgIpc) is 2.74. The number of carbonyl (C=O) groups excluding carboxylic acids is 1. The molecular formula is C16H24N2O2S. The van der Waals surface area contributed by atoms with Crippen molar-refractivity contribution in [3.63, 3.8) is 0 Å². The van der Waals surface area contributed by atoms with Crippen LogP contribution in [0.15, 0.2) is 24.3 Å². The molecule has 2 rings (SSSR count). The molecule has 1 fully saturated rings. The fraction of sp³-hybridized carbons (Fsp3) is 0.562. The lowest BCUT2D eigenvalue weighted by Crippen LogP contribution is -2.36. The largest absolute Gasteiger partial charge is 0.497 e. The van der Waals surface area contributed by atoms with Crippen LogP contribution < -0.4 is 4.74 Å². The topological polar surface area (TPSA) is 32.8 Å². The second-order valence-electron chi connectivity index (χ2n) is 5.29. The zero-order valence-corrected chi connectivity index (χ0v) is 13.7. The molecule has 0 spiro atoms. The summed E-state index contributed by atoms with van der Waals surface area (Å²) in [6, 6.07) is 8.23. The van der Waals surface area contributed by atoms with E-state index in [2.05, 4.69) is 17.0 Å². The molecule has 1 aromatic rings. The third-order valence-electron chi connectivity index (χ3n) is 3.77. The van der Waals surface area contributed by atoms with Gasteiger partial charge in [-0.2, -0.15) is 11.8 Å². The third-order valence-corrected chi connectivity index (χ3v) is 4.31. The van der Waals surface area contributed by atoms with Crippen molar-refractivity contribution in [1.29, 1.82) is 0 Å². The monoisotopic (exact) mass is 308 g/mol. The summed E-state index contributed by atoms with van der Waals surface area (Å²) in [6.07, 6.45) is 3.03. The van der Waals surface area contributed by atoms with Crippen molar-refractivity contribution in [2.75, 3.05) is 45.3 Å². The molecule has 0 N–H and O–H groups in total. The standard InChI is InChI=1S/C16H24N2O2S/c1-20-15-6-4-14(5-7-15)12-17-8-3-9-18(11-10-17)16(19)13-21-2/h4-7H,3,8-13H2,1-2H3. The number of rotatable bonds is 5. The fourth-order valence-electron chi connectivity index (χ4n) is 2.58. The predicted octanol–water partition coefficient (Wildman–Crippen LogP) is 2.09. The van der Waals surface area contributed by atoms with Crippen LogP contribution in [-0.4, -0.2) is 61.0 Å². The fourth-order valence-corrected chi connectivity index (χ4v) is 3.01. The molecule has 1 aliphatic heterocycles. The number of hydrogen-bond donors (Lipinski definition) is 0. The first-order valence-electron chi connectivity index (χ1n) is 7.35. The summed E-state index contributed by atoms with van der Waals surface area (Å²) in [7, 11) is 1.68. The van der Waals surface area contributed by atoms with Crippen molar-refractivity contribution in [3.05, 3.63) is 29.8 Å². The van der Waals surface area contributed by atoms with Gasteiger partial charge in [-0.1, -0.05) is 12.1 Å². The normalized spacial score (nSPS) is 16.6. The summed E-state index contributed by atoms with van der Waals surface area (Å²) < 4.78 is 5.18. The van der Waals surface area contributed by atoms with Gasteiger partial charge in [0.1, 0.15) is 5.75 Å². The van der Waals surface area contributed by atoms with Crippen LogP contribution in [0.3, 0.4) is 0 Å². The zero-order valence-electron chi connectivity index (χ0n) is 12.9. The Bertz CT molecular complexity index is 450. The van der Waals surface area contributed by atoms with Crippen molar-refractivity contribution in [3.8, 4) is 5.75 Å². The second kappa shape index (κ2) is 8.29. The van der Waals surface area contributed by atoms with E-state index >= 15 is 0 Å². The van der Waals surface area contributed by atoms with Gasteiger partial charge in [0.25, 0.3) is 0 Å². The summed E-state index contributed by atoms with van der Waals surface area (Å²) in [5.74, 6) is 1.76. The Balaban J connectivity index is 1.86. The predicted molar refractivity (Wildman–Crippen MR) is 87.9 cm³/mol. The Hall–Kier alpha value is -1.20. The SMILES string of the molecule is COc1ccc(CN2CCCN(C(=O)CSC)CC2)cc1. The summed E-state index contributed by atoms with van der Waals surface area (Å²) in [6.45, 7) is 4.67. The lowest BCUT2D eigenvalue weighted by Gasteiger charge is -2.22. The van der Waals surface area contributed by atoms with E-state index in [-0.39, 0.29) is 5.91 Å². The van der Waals surface area contributed by atoms with Gasteiger partial charge in [0, 0.05) is 32.7 Å². The van der Waals surface area contributed by atoms with Crippen LogP contribution in [0, 0.1) is 0 Å². The molecule has 0 saturated carbocycles. The molecule has 0 bridgehead atoms. The first-order valence-corrected chi connectivity index (χ1v) is 8.74. The Labute approximate surface area is 131 Å². The van der Waals surface area contributed by atoms with E-state index in [9.17, 15) is 4.79 Å². The number of thioether (sulfide) groups is 1. The highest BCUT2D eigenvalue weighted by atomic mass is 32.2. The maximum atomic E-state index is 12.0. The van der Waals surface area contributed by atoms with Gasteiger partial charge >= 0.3 is 0 Å². The Morgan fingerprint density at radius 2 is 1.95 bits per heavy atom. The van der Waals surface area contributed by atoms with Crippen LogP contribution in [0.4, 0.5) is 0 Å². The van der Waals surface area contributed by atoms with E-state index in [1.807, 2.05) is 23.3 Å². The van der Waals surface area contributed by atoms with Gasteiger partial charge in [-0.05, 0) is 30.4 Å². The van der Waals surface area contributed by atoms with Crippen LogP contribution in [0.25, 0.3) is 0 Å². The molecule has 0 atom stereocenters. The second-order valence-corrected chi connectivity index (χ2v) is 6.16. The molecule has 1 aliphatic rings.